The Morgan fingerprint density at radius 2 is 1.95 bits per heavy atom. The molecule has 19 heavy (non-hydrogen) atoms. The summed E-state index contributed by atoms with van der Waals surface area (Å²) in [6.45, 7) is 3.63. The van der Waals surface area contributed by atoms with E-state index in [0.717, 1.165) is 5.56 Å². The second-order valence-corrected chi connectivity index (χ2v) is 4.49. The Hall–Kier alpha value is -2.49. The smallest absolute Gasteiger partial charge is 0.256 e. The molecule has 98 valence electrons. The third-order valence-electron chi connectivity index (χ3n) is 3.01. The fourth-order valence-electron chi connectivity index (χ4n) is 1.86. The highest BCUT2D eigenvalue weighted by atomic mass is 16.3. The van der Waals surface area contributed by atoms with E-state index in [0.29, 0.717) is 22.5 Å². The van der Waals surface area contributed by atoms with Gasteiger partial charge in [-0.2, -0.15) is 0 Å². The van der Waals surface area contributed by atoms with Crippen LogP contribution in [0.15, 0.2) is 36.4 Å². The SMILES string of the molecule is Cc1ccc(NC(=O)c2cccc(O)c2C)c(N)c1. The minimum absolute atomic E-state index is 0.101. The maximum Gasteiger partial charge on any atom is 0.256 e. The molecule has 0 radical (unpaired) electrons. The number of amides is 1. The van der Waals surface area contributed by atoms with Crippen LogP contribution in [0.25, 0.3) is 0 Å². The zero-order valence-electron chi connectivity index (χ0n) is 10.9. The second-order valence-electron chi connectivity index (χ2n) is 4.49. The number of phenols is 1. The van der Waals surface area contributed by atoms with Crippen LogP contribution in [0, 0.1) is 13.8 Å². The number of hydrogen-bond donors (Lipinski definition) is 3. The normalized spacial score (nSPS) is 10.2. The van der Waals surface area contributed by atoms with Gasteiger partial charge in [0.15, 0.2) is 0 Å². The molecule has 4 N–H and O–H groups in total. The van der Waals surface area contributed by atoms with Crippen molar-refractivity contribution in [1.29, 1.82) is 0 Å². The average molecular weight is 256 g/mol. The molecule has 0 saturated carbocycles. The second kappa shape index (κ2) is 5.02. The number of aromatic hydroxyl groups is 1. The lowest BCUT2D eigenvalue weighted by Gasteiger charge is -2.11. The van der Waals surface area contributed by atoms with Crippen LogP contribution in [-0.2, 0) is 0 Å². The highest BCUT2D eigenvalue weighted by molar-refractivity contribution is 6.07. The van der Waals surface area contributed by atoms with Gasteiger partial charge >= 0.3 is 0 Å². The Balaban J connectivity index is 2.28. The van der Waals surface area contributed by atoms with Gasteiger partial charge in [-0.15, -0.1) is 0 Å². The summed E-state index contributed by atoms with van der Waals surface area (Å²) in [5.41, 5.74) is 8.95. The van der Waals surface area contributed by atoms with Crippen molar-refractivity contribution < 1.29 is 9.90 Å². The number of rotatable bonds is 2. The molecule has 0 aliphatic carbocycles. The third kappa shape index (κ3) is 2.68. The Labute approximate surface area is 111 Å². The van der Waals surface area contributed by atoms with Gasteiger partial charge in [0.2, 0.25) is 0 Å². The number of nitrogen functional groups attached to an aromatic ring is 1. The van der Waals surface area contributed by atoms with Crippen LogP contribution in [0.3, 0.4) is 0 Å². The number of anilines is 2. The van der Waals surface area contributed by atoms with E-state index in [1.165, 1.54) is 0 Å². The fourth-order valence-corrected chi connectivity index (χ4v) is 1.86. The predicted molar refractivity (Wildman–Crippen MR) is 76.4 cm³/mol. The summed E-state index contributed by atoms with van der Waals surface area (Å²) in [5.74, 6) is -0.187. The number of aryl methyl sites for hydroxylation is 1. The van der Waals surface area contributed by atoms with E-state index < -0.39 is 0 Å². The van der Waals surface area contributed by atoms with Crippen LogP contribution < -0.4 is 11.1 Å². The van der Waals surface area contributed by atoms with Gasteiger partial charge in [-0.1, -0.05) is 12.1 Å². The highest BCUT2D eigenvalue weighted by Crippen LogP contribution is 2.23. The van der Waals surface area contributed by atoms with Crippen LogP contribution in [0.2, 0.25) is 0 Å². The van der Waals surface area contributed by atoms with E-state index in [4.69, 9.17) is 5.73 Å². The van der Waals surface area contributed by atoms with E-state index in [1.807, 2.05) is 13.0 Å². The van der Waals surface area contributed by atoms with Crippen LogP contribution in [0.5, 0.6) is 5.75 Å². The number of phenolic OH excluding ortho intramolecular Hbond substituents is 1. The molecule has 0 bridgehead atoms. The summed E-state index contributed by atoms with van der Waals surface area (Å²) in [6, 6.07) is 10.3. The molecule has 0 atom stereocenters. The lowest BCUT2D eigenvalue weighted by Crippen LogP contribution is -2.14. The lowest BCUT2D eigenvalue weighted by atomic mass is 10.1. The van der Waals surface area contributed by atoms with Crippen molar-refractivity contribution in [3.8, 4) is 5.75 Å². The van der Waals surface area contributed by atoms with Crippen LogP contribution >= 0.6 is 0 Å². The molecule has 2 rings (SSSR count). The van der Waals surface area contributed by atoms with E-state index in [-0.39, 0.29) is 11.7 Å². The van der Waals surface area contributed by atoms with Crippen molar-refractivity contribution in [3.63, 3.8) is 0 Å². The Morgan fingerprint density at radius 1 is 1.21 bits per heavy atom. The van der Waals surface area contributed by atoms with Gasteiger partial charge in [-0.3, -0.25) is 4.79 Å². The summed E-state index contributed by atoms with van der Waals surface area (Å²) in [5, 5.41) is 12.3. The van der Waals surface area contributed by atoms with Crippen molar-refractivity contribution in [2.24, 2.45) is 0 Å². The quantitative estimate of drug-likeness (QED) is 0.723. The van der Waals surface area contributed by atoms with E-state index >= 15 is 0 Å². The standard InChI is InChI=1S/C15H16N2O2/c1-9-6-7-13(12(16)8-9)17-15(19)11-4-3-5-14(18)10(11)2/h3-8,18H,16H2,1-2H3,(H,17,19). The number of carbonyl (C=O) groups excluding carboxylic acids is 1. The Morgan fingerprint density at radius 3 is 2.63 bits per heavy atom. The molecule has 4 nitrogen and oxygen atoms in total. The van der Waals surface area contributed by atoms with Crippen LogP contribution in [-0.4, -0.2) is 11.0 Å². The zero-order chi connectivity index (χ0) is 14.0. The molecule has 0 aliphatic rings. The molecule has 4 heteroatoms. The maximum atomic E-state index is 12.1. The first-order valence-corrected chi connectivity index (χ1v) is 5.95. The van der Waals surface area contributed by atoms with Gasteiger partial charge in [-0.25, -0.2) is 0 Å². The molecule has 0 aromatic heterocycles. The first-order valence-electron chi connectivity index (χ1n) is 5.95. The molecule has 0 fully saturated rings. The zero-order valence-corrected chi connectivity index (χ0v) is 10.9. The average Bonchev–Trinajstić information content (AvgIpc) is 2.36. The summed E-state index contributed by atoms with van der Waals surface area (Å²) in [4.78, 5) is 12.1. The van der Waals surface area contributed by atoms with Gasteiger partial charge in [-0.05, 0) is 43.7 Å². The molecular formula is C15H16N2O2. The van der Waals surface area contributed by atoms with Crippen LogP contribution in [0.4, 0.5) is 11.4 Å². The number of hydrogen-bond acceptors (Lipinski definition) is 3. The first-order chi connectivity index (χ1) is 8.99. The third-order valence-corrected chi connectivity index (χ3v) is 3.01. The van der Waals surface area contributed by atoms with Crippen molar-refractivity contribution in [2.45, 2.75) is 13.8 Å². The summed E-state index contributed by atoms with van der Waals surface area (Å²) in [6.07, 6.45) is 0. The van der Waals surface area contributed by atoms with Gasteiger partial charge in [0.25, 0.3) is 5.91 Å². The number of carbonyl (C=O) groups is 1. The first kappa shape index (κ1) is 13.0. The van der Waals surface area contributed by atoms with Crippen molar-refractivity contribution in [2.75, 3.05) is 11.1 Å². The number of nitrogens with two attached hydrogens (primary N) is 1. The monoisotopic (exact) mass is 256 g/mol. The van der Waals surface area contributed by atoms with Gasteiger partial charge in [0.1, 0.15) is 5.75 Å². The molecule has 0 spiro atoms. The molecule has 1 amide bonds. The molecule has 0 unspecified atom stereocenters. The van der Waals surface area contributed by atoms with Crippen LogP contribution in [0.1, 0.15) is 21.5 Å². The molecule has 2 aromatic carbocycles. The van der Waals surface area contributed by atoms with Gasteiger partial charge in [0.05, 0.1) is 11.4 Å². The Bertz CT molecular complexity index is 636. The minimum atomic E-state index is -0.288. The van der Waals surface area contributed by atoms with Crippen molar-refractivity contribution >= 4 is 17.3 Å². The lowest BCUT2D eigenvalue weighted by molar-refractivity contribution is 0.102. The molecular weight excluding hydrogens is 240 g/mol. The minimum Gasteiger partial charge on any atom is -0.508 e. The summed E-state index contributed by atoms with van der Waals surface area (Å²) >= 11 is 0. The summed E-state index contributed by atoms with van der Waals surface area (Å²) in [7, 11) is 0. The maximum absolute atomic E-state index is 12.1. The highest BCUT2D eigenvalue weighted by Gasteiger charge is 2.12. The Kier molecular flexibility index (Phi) is 3.42. The fraction of sp³-hybridized carbons (Fsp3) is 0.133. The van der Waals surface area contributed by atoms with Gasteiger partial charge < -0.3 is 16.2 Å². The number of benzene rings is 2. The molecule has 0 aliphatic heterocycles. The predicted octanol–water partition coefficient (Wildman–Crippen LogP) is 2.84. The summed E-state index contributed by atoms with van der Waals surface area (Å²) < 4.78 is 0. The molecule has 0 heterocycles. The van der Waals surface area contributed by atoms with Crippen molar-refractivity contribution in [1.82, 2.24) is 0 Å². The topological polar surface area (TPSA) is 75.3 Å². The van der Waals surface area contributed by atoms with Gasteiger partial charge in [0, 0.05) is 11.1 Å². The van der Waals surface area contributed by atoms with E-state index in [1.54, 1.807) is 37.3 Å². The van der Waals surface area contributed by atoms with E-state index in [9.17, 15) is 9.90 Å². The van der Waals surface area contributed by atoms with E-state index in [2.05, 4.69) is 5.32 Å². The van der Waals surface area contributed by atoms with Crippen molar-refractivity contribution in [3.05, 3.63) is 53.1 Å². The number of nitrogens with one attached hydrogen (secondary N) is 1. The largest absolute Gasteiger partial charge is 0.508 e. The molecule has 0 saturated heterocycles. The molecule has 2 aromatic rings.